The van der Waals surface area contributed by atoms with Crippen LogP contribution in [0.3, 0.4) is 0 Å². The molecular weight excluding hydrogens is 350 g/mol. The molecule has 3 heterocycles. The Labute approximate surface area is 152 Å². The molecule has 4 aromatic rings. The first kappa shape index (κ1) is 15.2. The summed E-state index contributed by atoms with van der Waals surface area (Å²) < 4.78 is 1.49. The predicted octanol–water partition coefficient (Wildman–Crippen LogP) is 4.33. The van der Waals surface area contributed by atoms with Crippen molar-refractivity contribution in [3.05, 3.63) is 63.9 Å². The molecule has 7 nitrogen and oxygen atoms in total. The lowest BCUT2D eigenvalue weighted by molar-refractivity contribution is -0.389. The van der Waals surface area contributed by atoms with E-state index in [2.05, 4.69) is 10.5 Å². The zero-order valence-electron chi connectivity index (χ0n) is 13.6. The molecule has 0 atom stereocenters. The van der Waals surface area contributed by atoms with E-state index in [0.717, 1.165) is 40.0 Å². The Hall–Kier alpha value is -3.13. The summed E-state index contributed by atoms with van der Waals surface area (Å²) in [6.07, 6.45) is 3.76. The fourth-order valence-corrected chi connectivity index (χ4v) is 3.94. The molecule has 128 valence electrons. The van der Waals surface area contributed by atoms with Gasteiger partial charge in [0.15, 0.2) is 5.82 Å². The highest BCUT2D eigenvalue weighted by Gasteiger charge is 2.29. The second-order valence-corrected chi connectivity index (χ2v) is 7.11. The van der Waals surface area contributed by atoms with Crippen LogP contribution in [0.15, 0.2) is 48.0 Å². The molecule has 3 aromatic heterocycles. The number of aromatic nitrogens is 4. The van der Waals surface area contributed by atoms with Gasteiger partial charge < -0.3 is 10.1 Å². The summed E-state index contributed by atoms with van der Waals surface area (Å²) in [5.41, 5.74) is 2.07. The molecule has 8 heteroatoms. The molecule has 1 aliphatic carbocycles. The first-order valence-electron chi connectivity index (χ1n) is 8.25. The summed E-state index contributed by atoms with van der Waals surface area (Å²) >= 11 is 1.56. The molecule has 0 bridgehead atoms. The first-order valence-corrected chi connectivity index (χ1v) is 9.13. The molecule has 0 spiro atoms. The smallest absolute Gasteiger partial charge is 0.358 e. The van der Waals surface area contributed by atoms with E-state index in [9.17, 15) is 10.1 Å². The van der Waals surface area contributed by atoms with Gasteiger partial charge in [0.25, 0.3) is 0 Å². The van der Waals surface area contributed by atoms with E-state index < -0.39 is 4.92 Å². The molecule has 1 aromatic carbocycles. The van der Waals surface area contributed by atoms with Crippen molar-refractivity contribution in [1.29, 1.82) is 0 Å². The van der Waals surface area contributed by atoms with E-state index in [-0.39, 0.29) is 5.82 Å². The van der Waals surface area contributed by atoms with Crippen molar-refractivity contribution in [1.82, 2.24) is 19.7 Å². The van der Waals surface area contributed by atoms with Crippen molar-refractivity contribution < 1.29 is 4.92 Å². The van der Waals surface area contributed by atoms with Gasteiger partial charge in [-0.25, -0.2) is 9.97 Å². The van der Waals surface area contributed by atoms with Crippen LogP contribution in [-0.2, 0) is 0 Å². The molecule has 0 N–H and O–H groups in total. The van der Waals surface area contributed by atoms with Gasteiger partial charge in [-0.3, -0.25) is 0 Å². The minimum Gasteiger partial charge on any atom is -0.358 e. The van der Waals surface area contributed by atoms with Gasteiger partial charge in [-0.15, -0.1) is 16.0 Å². The van der Waals surface area contributed by atoms with Crippen LogP contribution in [0.2, 0.25) is 0 Å². The minimum absolute atomic E-state index is 0.193. The van der Waals surface area contributed by atoms with Gasteiger partial charge in [0.1, 0.15) is 10.7 Å². The van der Waals surface area contributed by atoms with Crippen molar-refractivity contribution in [2.24, 2.45) is 0 Å². The number of benzene rings is 1. The van der Waals surface area contributed by atoms with Crippen LogP contribution in [0.25, 0.3) is 27.2 Å². The minimum atomic E-state index is -0.498. The normalized spacial score (nSPS) is 14.0. The molecule has 1 aliphatic rings. The lowest BCUT2D eigenvalue weighted by atomic mass is 10.1. The molecule has 0 saturated heterocycles. The molecule has 1 saturated carbocycles. The Balaban J connectivity index is 1.78. The first-order chi connectivity index (χ1) is 12.7. The summed E-state index contributed by atoms with van der Waals surface area (Å²) in [5.74, 6) is 1.59. The van der Waals surface area contributed by atoms with Gasteiger partial charge in [-0.05, 0) is 23.3 Å². The monoisotopic (exact) mass is 363 g/mol. The zero-order valence-corrected chi connectivity index (χ0v) is 14.4. The number of fused-ring (bicyclic) bond motifs is 1. The highest BCUT2D eigenvalue weighted by Crippen LogP contribution is 2.42. The maximum Gasteiger partial charge on any atom is 0.390 e. The van der Waals surface area contributed by atoms with Crippen molar-refractivity contribution in [3.8, 4) is 16.9 Å². The number of hydrogen-bond acceptors (Lipinski definition) is 6. The average Bonchev–Trinajstić information content (AvgIpc) is 3.23. The summed E-state index contributed by atoms with van der Waals surface area (Å²) in [7, 11) is 0. The number of rotatable bonds is 4. The topological polar surface area (TPSA) is 86.7 Å². The average molecular weight is 363 g/mol. The molecule has 1 fully saturated rings. The van der Waals surface area contributed by atoms with Crippen molar-refractivity contribution in [2.75, 3.05) is 0 Å². The van der Waals surface area contributed by atoms with E-state index in [1.807, 2.05) is 30.3 Å². The van der Waals surface area contributed by atoms with Crippen LogP contribution in [-0.4, -0.2) is 24.7 Å². The maximum atomic E-state index is 11.0. The fourth-order valence-electron chi connectivity index (χ4n) is 2.99. The maximum absolute atomic E-state index is 11.0. The molecule has 0 aliphatic heterocycles. The van der Waals surface area contributed by atoms with Gasteiger partial charge in [-0.2, -0.15) is 0 Å². The summed E-state index contributed by atoms with van der Waals surface area (Å²) in [6, 6.07) is 11.4. The fraction of sp³-hybridized carbons (Fsp3) is 0.167. The van der Waals surface area contributed by atoms with Gasteiger partial charge >= 0.3 is 5.82 Å². The van der Waals surface area contributed by atoms with E-state index >= 15 is 0 Å². The Bertz CT molecular complexity index is 1130. The number of nitro groups is 1. The molecular formula is C18H13N5O2S. The summed E-state index contributed by atoms with van der Waals surface area (Å²) in [6.45, 7) is 0. The quantitative estimate of drug-likeness (QED) is 0.398. The zero-order chi connectivity index (χ0) is 17.7. The highest BCUT2D eigenvalue weighted by atomic mass is 32.1. The predicted molar refractivity (Wildman–Crippen MR) is 98.6 cm³/mol. The molecule has 0 radical (unpaired) electrons. The number of nitrogens with zero attached hydrogens (tertiary/aromatic N) is 5. The lowest BCUT2D eigenvalue weighted by Crippen LogP contribution is -2.04. The third-order valence-electron chi connectivity index (χ3n) is 4.44. The Morgan fingerprint density at radius 3 is 2.65 bits per heavy atom. The van der Waals surface area contributed by atoms with Crippen molar-refractivity contribution in [3.63, 3.8) is 0 Å². The largest absolute Gasteiger partial charge is 0.390 e. The Kier molecular flexibility index (Phi) is 3.32. The van der Waals surface area contributed by atoms with Crippen LogP contribution in [0.5, 0.6) is 0 Å². The van der Waals surface area contributed by atoms with Gasteiger partial charge in [0.05, 0.1) is 22.7 Å². The van der Waals surface area contributed by atoms with Gasteiger partial charge in [0, 0.05) is 16.9 Å². The van der Waals surface area contributed by atoms with Gasteiger partial charge in [-0.1, -0.05) is 30.3 Å². The molecule has 5 rings (SSSR count). The Morgan fingerprint density at radius 2 is 1.96 bits per heavy atom. The second-order valence-electron chi connectivity index (χ2n) is 6.25. The van der Waals surface area contributed by atoms with E-state index in [0.29, 0.717) is 11.7 Å². The third-order valence-corrected chi connectivity index (χ3v) is 5.31. The van der Waals surface area contributed by atoms with Crippen LogP contribution in [0, 0.1) is 10.1 Å². The lowest BCUT2D eigenvalue weighted by Gasteiger charge is -2.06. The van der Waals surface area contributed by atoms with Crippen LogP contribution < -0.4 is 0 Å². The molecule has 0 amide bonds. The van der Waals surface area contributed by atoms with Crippen LogP contribution >= 0.6 is 11.3 Å². The SMILES string of the molecule is O=[N+]([O-])c1ccn(-c2nc(C3CC3)nc3scc(-c4ccccc4)c23)n1. The van der Waals surface area contributed by atoms with Crippen molar-refractivity contribution >= 4 is 27.4 Å². The van der Waals surface area contributed by atoms with Crippen LogP contribution in [0.1, 0.15) is 24.6 Å². The summed E-state index contributed by atoms with van der Waals surface area (Å²) in [4.78, 5) is 20.9. The van der Waals surface area contributed by atoms with E-state index in [4.69, 9.17) is 9.97 Å². The standard InChI is InChI=1S/C18H13N5O2S/c24-23(25)14-8-9-22(21-14)17-15-13(11-4-2-1-3-5-11)10-26-18(15)20-16(19-17)12-6-7-12/h1-5,8-10,12H,6-7H2. The number of hydrogen-bond donors (Lipinski definition) is 0. The summed E-state index contributed by atoms with van der Waals surface area (Å²) in [5, 5.41) is 18.1. The highest BCUT2D eigenvalue weighted by molar-refractivity contribution is 7.17. The second kappa shape index (κ2) is 5.70. The Morgan fingerprint density at radius 1 is 1.15 bits per heavy atom. The number of thiophene rings is 1. The van der Waals surface area contributed by atoms with Gasteiger partial charge in [0.2, 0.25) is 0 Å². The van der Waals surface area contributed by atoms with Crippen molar-refractivity contribution in [2.45, 2.75) is 18.8 Å². The van der Waals surface area contributed by atoms with E-state index in [1.54, 1.807) is 17.5 Å². The molecule has 0 unspecified atom stereocenters. The third kappa shape index (κ3) is 2.46. The van der Waals surface area contributed by atoms with Crippen LogP contribution in [0.4, 0.5) is 5.82 Å². The van der Waals surface area contributed by atoms with E-state index in [1.165, 1.54) is 10.7 Å². The molecule has 26 heavy (non-hydrogen) atoms.